The standard InChI is InChI=1S/C11H15BrN2O/c1-11(2,3)7-13-10(15)8-5-4-6-9(12)14-8/h4-6H,7H2,1-3H3,(H,13,15). The van der Waals surface area contributed by atoms with Crippen LogP contribution in [-0.4, -0.2) is 17.4 Å². The highest BCUT2D eigenvalue weighted by Crippen LogP contribution is 2.11. The molecule has 0 aromatic carbocycles. The summed E-state index contributed by atoms with van der Waals surface area (Å²) in [5.74, 6) is -0.133. The Morgan fingerprint density at radius 3 is 2.67 bits per heavy atom. The van der Waals surface area contributed by atoms with Gasteiger partial charge in [-0.2, -0.15) is 0 Å². The van der Waals surface area contributed by atoms with E-state index in [2.05, 4.69) is 47.0 Å². The van der Waals surface area contributed by atoms with Crippen molar-refractivity contribution in [1.82, 2.24) is 10.3 Å². The number of aromatic nitrogens is 1. The van der Waals surface area contributed by atoms with E-state index in [1.165, 1.54) is 0 Å². The minimum atomic E-state index is -0.133. The van der Waals surface area contributed by atoms with Gasteiger partial charge in [-0.3, -0.25) is 4.79 Å². The summed E-state index contributed by atoms with van der Waals surface area (Å²) in [6.07, 6.45) is 0. The molecule has 0 saturated carbocycles. The third-order valence-corrected chi connectivity index (χ3v) is 2.17. The molecule has 1 amide bonds. The first-order valence-corrected chi connectivity index (χ1v) is 5.58. The predicted octanol–water partition coefficient (Wildman–Crippen LogP) is 2.62. The highest BCUT2D eigenvalue weighted by Gasteiger charge is 2.13. The number of hydrogen-bond acceptors (Lipinski definition) is 2. The van der Waals surface area contributed by atoms with E-state index >= 15 is 0 Å². The Kier molecular flexibility index (Phi) is 3.85. The van der Waals surface area contributed by atoms with Crippen molar-refractivity contribution < 1.29 is 4.79 Å². The van der Waals surface area contributed by atoms with Crippen LogP contribution in [0.5, 0.6) is 0 Å². The van der Waals surface area contributed by atoms with Gasteiger partial charge in [0, 0.05) is 6.54 Å². The van der Waals surface area contributed by atoms with Crippen molar-refractivity contribution in [2.45, 2.75) is 20.8 Å². The third kappa shape index (κ3) is 4.42. The van der Waals surface area contributed by atoms with Crippen molar-refractivity contribution in [2.75, 3.05) is 6.54 Å². The number of carbonyl (C=O) groups excluding carboxylic acids is 1. The predicted molar refractivity (Wildman–Crippen MR) is 63.7 cm³/mol. The number of pyridine rings is 1. The molecule has 0 radical (unpaired) electrons. The molecule has 4 heteroatoms. The van der Waals surface area contributed by atoms with Crippen LogP contribution in [0.4, 0.5) is 0 Å². The van der Waals surface area contributed by atoms with E-state index in [1.54, 1.807) is 18.2 Å². The second-order valence-corrected chi connectivity index (χ2v) is 5.40. The lowest BCUT2D eigenvalue weighted by Gasteiger charge is -2.18. The van der Waals surface area contributed by atoms with Crippen LogP contribution < -0.4 is 5.32 Å². The molecule has 0 bridgehead atoms. The first-order chi connectivity index (χ1) is 6.88. The Bertz CT molecular complexity index is 358. The van der Waals surface area contributed by atoms with Gasteiger partial charge in [-0.15, -0.1) is 0 Å². The van der Waals surface area contributed by atoms with Crippen LogP contribution in [0, 0.1) is 5.41 Å². The maximum absolute atomic E-state index is 11.6. The lowest BCUT2D eigenvalue weighted by atomic mass is 9.97. The van der Waals surface area contributed by atoms with Crippen molar-refractivity contribution in [3.63, 3.8) is 0 Å². The molecular formula is C11H15BrN2O. The number of carbonyl (C=O) groups is 1. The van der Waals surface area contributed by atoms with Crippen LogP contribution in [-0.2, 0) is 0 Å². The lowest BCUT2D eigenvalue weighted by molar-refractivity contribution is 0.0934. The molecule has 0 unspecified atom stereocenters. The van der Waals surface area contributed by atoms with Crippen LogP contribution in [0.3, 0.4) is 0 Å². The quantitative estimate of drug-likeness (QED) is 0.840. The van der Waals surface area contributed by atoms with Gasteiger partial charge in [-0.05, 0) is 33.5 Å². The van der Waals surface area contributed by atoms with Crippen molar-refractivity contribution in [3.05, 3.63) is 28.5 Å². The van der Waals surface area contributed by atoms with Crippen LogP contribution in [0.25, 0.3) is 0 Å². The fourth-order valence-electron chi connectivity index (χ4n) is 0.971. The summed E-state index contributed by atoms with van der Waals surface area (Å²) in [6, 6.07) is 5.28. The van der Waals surface area contributed by atoms with Crippen molar-refractivity contribution in [1.29, 1.82) is 0 Å². The molecule has 1 N–H and O–H groups in total. The average Bonchev–Trinajstić information content (AvgIpc) is 2.13. The molecule has 15 heavy (non-hydrogen) atoms. The van der Waals surface area contributed by atoms with E-state index in [0.29, 0.717) is 16.8 Å². The van der Waals surface area contributed by atoms with Crippen LogP contribution in [0.15, 0.2) is 22.8 Å². The molecule has 1 rings (SSSR count). The van der Waals surface area contributed by atoms with Gasteiger partial charge >= 0.3 is 0 Å². The zero-order chi connectivity index (χ0) is 11.5. The normalized spacial score (nSPS) is 11.2. The lowest BCUT2D eigenvalue weighted by Crippen LogP contribution is -2.32. The zero-order valence-electron chi connectivity index (χ0n) is 9.17. The van der Waals surface area contributed by atoms with Crippen molar-refractivity contribution in [2.24, 2.45) is 5.41 Å². The number of amides is 1. The van der Waals surface area contributed by atoms with E-state index in [-0.39, 0.29) is 11.3 Å². The van der Waals surface area contributed by atoms with E-state index < -0.39 is 0 Å². The first-order valence-electron chi connectivity index (χ1n) is 4.79. The topological polar surface area (TPSA) is 42.0 Å². The summed E-state index contributed by atoms with van der Waals surface area (Å²) >= 11 is 3.23. The van der Waals surface area contributed by atoms with E-state index in [1.807, 2.05) is 0 Å². The Hall–Kier alpha value is -0.900. The molecule has 0 aliphatic heterocycles. The summed E-state index contributed by atoms with van der Waals surface area (Å²) in [6.45, 7) is 6.85. The Balaban J connectivity index is 2.62. The van der Waals surface area contributed by atoms with Gasteiger partial charge in [0.2, 0.25) is 0 Å². The fourth-order valence-corrected chi connectivity index (χ4v) is 1.31. The van der Waals surface area contributed by atoms with E-state index in [9.17, 15) is 4.79 Å². The summed E-state index contributed by atoms with van der Waals surface area (Å²) in [7, 11) is 0. The number of hydrogen-bond donors (Lipinski definition) is 1. The van der Waals surface area contributed by atoms with Gasteiger partial charge in [-0.1, -0.05) is 26.8 Å². The molecule has 0 aliphatic rings. The van der Waals surface area contributed by atoms with Crippen LogP contribution >= 0.6 is 15.9 Å². The van der Waals surface area contributed by atoms with Gasteiger partial charge in [0.15, 0.2) is 0 Å². The van der Waals surface area contributed by atoms with Crippen molar-refractivity contribution in [3.8, 4) is 0 Å². The van der Waals surface area contributed by atoms with Gasteiger partial charge in [-0.25, -0.2) is 4.98 Å². The molecule has 3 nitrogen and oxygen atoms in total. The summed E-state index contributed by atoms with van der Waals surface area (Å²) in [5.41, 5.74) is 0.524. The average molecular weight is 271 g/mol. The molecule has 0 fully saturated rings. The smallest absolute Gasteiger partial charge is 0.269 e. The molecule has 1 heterocycles. The fraction of sp³-hybridized carbons (Fsp3) is 0.455. The largest absolute Gasteiger partial charge is 0.350 e. The molecule has 0 spiro atoms. The number of halogens is 1. The number of nitrogens with one attached hydrogen (secondary N) is 1. The van der Waals surface area contributed by atoms with Gasteiger partial charge in [0.05, 0.1) is 0 Å². The minimum Gasteiger partial charge on any atom is -0.350 e. The Labute approximate surface area is 98.4 Å². The number of nitrogens with zero attached hydrogens (tertiary/aromatic N) is 1. The summed E-state index contributed by atoms with van der Waals surface area (Å²) < 4.78 is 0.672. The molecule has 0 aliphatic carbocycles. The highest BCUT2D eigenvalue weighted by atomic mass is 79.9. The molecule has 1 aromatic heterocycles. The molecule has 1 aromatic rings. The van der Waals surface area contributed by atoms with Crippen molar-refractivity contribution >= 4 is 21.8 Å². The maximum atomic E-state index is 11.6. The highest BCUT2D eigenvalue weighted by molar-refractivity contribution is 9.10. The van der Waals surface area contributed by atoms with Gasteiger partial charge < -0.3 is 5.32 Å². The van der Waals surface area contributed by atoms with Crippen LogP contribution in [0.1, 0.15) is 31.3 Å². The SMILES string of the molecule is CC(C)(C)CNC(=O)c1cccc(Br)n1. The molecule has 82 valence electrons. The first kappa shape index (κ1) is 12.2. The summed E-state index contributed by atoms with van der Waals surface area (Å²) in [4.78, 5) is 15.7. The zero-order valence-corrected chi connectivity index (χ0v) is 10.8. The van der Waals surface area contributed by atoms with E-state index in [4.69, 9.17) is 0 Å². The second kappa shape index (κ2) is 4.75. The summed E-state index contributed by atoms with van der Waals surface area (Å²) in [5, 5.41) is 2.84. The number of rotatable bonds is 2. The molecule has 0 atom stereocenters. The molecule has 0 saturated heterocycles. The van der Waals surface area contributed by atoms with E-state index in [0.717, 1.165) is 0 Å². The molecular weight excluding hydrogens is 256 g/mol. The van der Waals surface area contributed by atoms with Gasteiger partial charge in [0.25, 0.3) is 5.91 Å². The second-order valence-electron chi connectivity index (χ2n) is 4.59. The Morgan fingerprint density at radius 1 is 1.47 bits per heavy atom. The third-order valence-electron chi connectivity index (χ3n) is 1.73. The van der Waals surface area contributed by atoms with Gasteiger partial charge in [0.1, 0.15) is 10.3 Å². The maximum Gasteiger partial charge on any atom is 0.269 e. The Morgan fingerprint density at radius 2 is 2.13 bits per heavy atom. The monoisotopic (exact) mass is 270 g/mol. The van der Waals surface area contributed by atoms with Crippen LogP contribution in [0.2, 0.25) is 0 Å². The minimum absolute atomic E-state index is 0.0850.